The van der Waals surface area contributed by atoms with Crippen molar-refractivity contribution in [2.75, 3.05) is 7.11 Å². The molecule has 0 bridgehead atoms. The van der Waals surface area contributed by atoms with Crippen molar-refractivity contribution in [1.82, 2.24) is 4.98 Å². The Hall–Kier alpha value is -2.31. The zero-order valence-electron chi connectivity index (χ0n) is 13.2. The minimum absolute atomic E-state index is 0.255. The van der Waals surface area contributed by atoms with Gasteiger partial charge in [-0.15, -0.1) is 11.8 Å². The van der Waals surface area contributed by atoms with Gasteiger partial charge in [-0.05, 0) is 35.7 Å². The molecule has 0 fully saturated rings. The van der Waals surface area contributed by atoms with Gasteiger partial charge in [0.15, 0.2) is 0 Å². The van der Waals surface area contributed by atoms with Gasteiger partial charge in [-0.2, -0.15) is 0 Å². The number of nitrogens with zero attached hydrogens (tertiary/aromatic N) is 1. The van der Waals surface area contributed by atoms with E-state index in [-0.39, 0.29) is 11.4 Å². The van der Waals surface area contributed by atoms with E-state index < -0.39 is 5.82 Å². The summed E-state index contributed by atoms with van der Waals surface area (Å²) in [5.74, 6) is 0.506. The third kappa shape index (κ3) is 3.55. The van der Waals surface area contributed by atoms with Crippen LogP contribution in [0.3, 0.4) is 0 Å². The summed E-state index contributed by atoms with van der Waals surface area (Å²) in [5, 5.41) is 19.7. The number of hydrogen-bond donors (Lipinski definition) is 2. The largest absolute Gasteiger partial charge is 0.496 e. The molecule has 3 rings (SSSR count). The third-order valence-corrected chi connectivity index (χ3v) is 4.98. The predicted molar refractivity (Wildman–Crippen MR) is 98.8 cm³/mol. The number of ether oxygens (including phenoxy) is 1. The fraction of sp³-hybridized carbons (Fsp3) is 0.111. The summed E-state index contributed by atoms with van der Waals surface area (Å²) in [7, 11) is 1.57. The first-order valence-electron chi connectivity index (χ1n) is 7.31. The minimum atomic E-state index is -0.405. The quantitative estimate of drug-likeness (QED) is 0.484. The number of halogens is 2. The van der Waals surface area contributed by atoms with E-state index in [1.807, 2.05) is 0 Å². The monoisotopic (exact) mass is 376 g/mol. The second-order valence-electron chi connectivity index (χ2n) is 5.23. The lowest BCUT2D eigenvalue weighted by molar-refractivity contribution is 0.411. The van der Waals surface area contributed by atoms with E-state index in [1.54, 1.807) is 25.3 Å². The van der Waals surface area contributed by atoms with Crippen molar-refractivity contribution in [2.24, 2.45) is 0 Å². The number of nitrogens with one attached hydrogen (secondary N) is 1. The van der Waals surface area contributed by atoms with Crippen LogP contribution in [0, 0.1) is 11.2 Å². The molecule has 0 saturated carbocycles. The lowest BCUT2D eigenvalue weighted by Gasteiger charge is -2.12. The highest BCUT2D eigenvalue weighted by molar-refractivity contribution is 7.98. The van der Waals surface area contributed by atoms with Crippen molar-refractivity contribution in [3.8, 4) is 11.6 Å². The molecule has 0 spiro atoms. The summed E-state index contributed by atoms with van der Waals surface area (Å²) in [6.07, 6.45) is 1.01. The number of aromatic nitrogens is 1. The van der Waals surface area contributed by atoms with Crippen LogP contribution in [-0.4, -0.2) is 23.4 Å². The van der Waals surface area contributed by atoms with Crippen molar-refractivity contribution in [3.05, 3.63) is 58.4 Å². The van der Waals surface area contributed by atoms with Crippen LogP contribution in [0.5, 0.6) is 11.6 Å². The molecule has 1 heterocycles. The molecule has 0 unspecified atom stereocenters. The first-order valence-corrected chi connectivity index (χ1v) is 8.67. The Morgan fingerprint density at radius 2 is 2.08 bits per heavy atom. The van der Waals surface area contributed by atoms with Gasteiger partial charge in [0.1, 0.15) is 16.6 Å². The number of pyridine rings is 1. The molecule has 128 valence electrons. The second kappa shape index (κ2) is 7.29. The summed E-state index contributed by atoms with van der Waals surface area (Å²) >= 11 is 7.37. The van der Waals surface area contributed by atoms with Gasteiger partial charge < -0.3 is 15.3 Å². The molecular weight excluding hydrogens is 363 g/mol. The van der Waals surface area contributed by atoms with Crippen LogP contribution in [0.4, 0.5) is 4.39 Å². The van der Waals surface area contributed by atoms with Gasteiger partial charge in [0, 0.05) is 27.9 Å². The van der Waals surface area contributed by atoms with E-state index in [0.29, 0.717) is 32.3 Å². The van der Waals surface area contributed by atoms with Gasteiger partial charge in [0.2, 0.25) is 5.88 Å². The van der Waals surface area contributed by atoms with E-state index in [9.17, 15) is 9.50 Å². The van der Waals surface area contributed by atoms with Crippen LogP contribution < -0.4 is 4.74 Å². The maximum Gasteiger partial charge on any atom is 0.221 e. The molecule has 4 nitrogen and oxygen atoms in total. The van der Waals surface area contributed by atoms with Gasteiger partial charge in [-0.25, -0.2) is 9.37 Å². The number of methoxy groups -OCH3 is 1. The maximum absolute atomic E-state index is 13.7. The van der Waals surface area contributed by atoms with Gasteiger partial charge in [0.25, 0.3) is 0 Å². The highest BCUT2D eigenvalue weighted by Crippen LogP contribution is 2.36. The van der Waals surface area contributed by atoms with Crippen LogP contribution in [0.15, 0.2) is 41.4 Å². The van der Waals surface area contributed by atoms with E-state index in [2.05, 4.69) is 4.98 Å². The average Bonchev–Trinajstić information content (AvgIpc) is 2.60. The maximum atomic E-state index is 13.7. The summed E-state index contributed by atoms with van der Waals surface area (Å²) in [6.45, 7) is 0. The zero-order chi connectivity index (χ0) is 18.0. The molecule has 0 radical (unpaired) electrons. The topological polar surface area (TPSA) is 66.2 Å². The van der Waals surface area contributed by atoms with E-state index >= 15 is 0 Å². The zero-order valence-corrected chi connectivity index (χ0v) is 14.8. The Balaban J connectivity index is 2.03. The van der Waals surface area contributed by atoms with E-state index in [4.69, 9.17) is 21.7 Å². The number of fused-ring (bicyclic) bond motifs is 1. The standard InChI is InChI=1S/C18H14ClFN2O2S/c1-24-16-5-2-11(19)6-10(16)9-25-18-14-7-12(20)3-4-13(14)15(8-21)17(23)22-18/h2-8,21H,9H2,1H3,(H,22,23). The molecule has 1 aromatic heterocycles. The van der Waals surface area contributed by atoms with Crippen molar-refractivity contribution >= 4 is 40.3 Å². The molecule has 0 amide bonds. The molecule has 0 aliphatic carbocycles. The highest BCUT2D eigenvalue weighted by atomic mass is 35.5. The van der Waals surface area contributed by atoms with E-state index in [0.717, 1.165) is 11.8 Å². The number of hydrogen-bond acceptors (Lipinski definition) is 5. The fourth-order valence-corrected chi connectivity index (χ4v) is 3.71. The lowest BCUT2D eigenvalue weighted by Crippen LogP contribution is -1.95. The van der Waals surface area contributed by atoms with Crippen molar-refractivity contribution < 1.29 is 14.2 Å². The first-order chi connectivity index (χ1) is 12.0. The van der Waals surface area contributed by atoms with Crippen LogP contribution in [-0.2, 0) is 5.75 Å². The Labute approximate surface area is 153 Å². The van der Waals surface area contributed by atoms with Crippen molar-refractivity contribution in [1.29, 1.82) is 5.41 Å². The summed E-state index contributed by atoms with van der Waals surface area (Å²) in [5.41, 5.74) is 1.13. The molecule has 0 atom stereocenters. The number of benzene rings is 2. The molecule has 2 N–H and O–H groups in total. The fourth-order valence-electron chi connectivity index (χ4n) is 2.52. The molecule has 3 aromatic rings. The minimum Gasteiger partial charge on any atom is -0.496 e. The van der Waals surface area contributed by atoms with Crippen LogP contribution in [0.2, 0.25) is 5.02 Å². The SMILES string of the molecule is COc1ccc(Cl)cc1CSc1nc(O)c(C=N)c2ccc(F)cc12. The van der Waals surface area contributed by atoms with Crippen molar-refractivity contribution in [3.63, 3.8) is 0 Å². The molecule has 25 heavy (non-hydrogen) atoms. The molecule has 0 aliphatic heterocycles. The Morgan fingerprint density at radius 1 is 1.28 bits per heavy atom. The molecule has 0 aliphatic rings. The van der Waals surface area contributed by atoms with Gasteiger partial charge in [-0.1, -0.05) is 17.7 Å². The van der Waals surface area contributed by atoms with Crippen molar-refractivity contribution in [2.45, 2.75) is 10.8 Å². The summed E-state index contributed by atoms with van der Waals surface area (Å²) in [4.78, 5) is 4.13. The second-order valence-corrected chi connectivity index (χ2v) is 6.63. The predicted octanol–water partition coefficient (Wildman–Crippen LogP) is 5.03. The number of aromatic hydroxyl groups is 1. The Kier molecular flexibility index (Phi) is 5.11. The smallest absolute Gasteiger partial charge is 0.221 e. The third-order valence-electron chi connectivity index (χ3n) is 3.70. The molecule has 7 heteroatoms. The van der Waals surface area contributed by atoms with Crippen LogP contribution in [0.25, 0.3) is 10.8 Å². The number of thioether (sulfide) groups is 1. The number of rotatable bonds is 5. The normalized spacial score (nSPS) is 10.8. The average molecular weight is 377 g/mol. The molecule has 0 saturated heterocycles. The summed E-state index contributed by atoms with van der Waals surface area (Å²) in [6, 6.07) is 9.50. The van der Waals surface area contributed by atoms with E-state index in [1.165, 1.54) is 30.0 Å². The Bertz CT molecular complexity index is 965. The van der Waals surface area contributed by atoms with Crippen LogP contribution >= 0.6 is 23.4 Å². The van der Waals surface area contributed by atoms with Gasteiger partial charge in [0.05, 0.1) is 12.7 Å². The molecular formula is C18H14ClFN2O2S. The van der Waals surface area contributed by atoms with Gasteiger partial charge in [-0.3, -0.25) is 0 Å². The van der Waals surface area contributed by atoms with Gasteiger partial charge >= 0.3 is 0 Å². The molecule has 2 aromatic carbocycles. The Morgan fingerprint density at radius 3 is 2.80 bits per heavy atom. The lowest BCUT2D eigenvalue weighted by atomic mass is 10.1. The first kappa shape index (κ1) is 17.5. The summed E-state index contributed by atoms with van der Waals surface area (Å²) < 4.78 is 19.0. The highest BCUT2D eigenvalue weighted by Gasteiger charge is 2.14. The van der Waals surface area contributed by atoms with Crippen LogP contribution in [0.1, 0.15) is 11.1 Å².